The fourth-order valence-corrected chi connectivity index (χ4v) is 1.70. The number of aliphatic hydroxyl groups is 1. The van der Waals surface area contributed by atoms with Crippen molar-refractivity contribution in [3.05, 3.63) is 34.5 Å². The second kappa shape index (κ2) is 3.67. The van der Waals surface area contributed by atoms with Gasteiger partial charge in [0.25, 0.3) is 0 Å². The van der Waals surface area contributed by atoms with Crippen molar-refractivity contribution >= 4 is 11.3 Å². The van der Waals surface area contributed by atoms with Gasteiger partial charge in [0.15, 0.2) is 0 Å². The van der Waals surface area contributed by atoms with E-state index in [9.17, 15) is 0 Å². The Bertz CT molecular complexity index is 244. The molecule has 0 bridgehead atoms. The van der Waals surface area contributed by atoms with Crippen LogP contribution in [0, 0.1) is 0 Å². The minimum Gasteiger partial charge on any atom is -0.391 e. The Morgan fingerprint density at radius 2 is 2.55 bits per heavy atom. The number of aliphatic hydroxyl groups excluding tert-OH is 1. The van der Waals surface area contributed by atoms with Gasteiger partial charge in [-0.15, -0.1) is 17.9 Å². The lowest BCUT2D eigenvalue weighted by molar-refractivity contribution is 0.284. The zero-order valence-corrected chi connectivity index (χ0v) is 6.97. The Kier molecular flexibility index (Phi) is 2.82. The summed E-state index contributed by atoms with van der Waals surface area (Å²) in [6.07, 6.45) is 1.67. The molecule has 60 valence electrons. The molecule has 1 atom stereocenters. The number of nitrogens with two attached hydrogens (primary N) is 1. The lowest BCUT2D eigenvalue weighted by Gasteiger charge is -2.04. The van der Waals surface area contributed by atoms with Crippen LogP contribution in [0.1, 0.15) is 16.5 Å². The average molecular weight is 169 g/mol. The summed E-state index contributed by atoms with van der Waals surface area (Å²) >= 11 is 1.52. The van der Waals surface area contributed by atoms with E-state index in [1.807, 2.05) is 11.4 Å². The van der Waals surface area contributed by atoms with Gasteiger partial charge in [0.05, 0.1) is 6.61 Å². The summed E-state index contributed by atoms with van der Waals surface area (Å²) in [6, 6.07) is 1.77. The lowest BCUT2D eigenvalue weighted by Crippen LogP contribution is -2.07. The van der Waals surface area contributed by atoms with E-state index < -0.39 is 0 Å². The van der Waals surface area contributed by atoms with E-state index in [-0.39, 0.29) is 12.6 Å². The van der Waals surface area contributed by atoms with E-state index in [1.54, 1.807) is 6.08 Å². The van der Waals surface area contributed by atoms with Crippen LogP contribution < -0.4 is 5.73 Å². The fourth-order valence-electron chi connectivity index (χ4n) is 0.903. The molecular weight excluding hydrogens is 158 g/mol. The summed E-state index contributed by atoms with van der Waals surface area (Å²) < 4.78 is 0. The topological polar surface area (TPSA) is 46.2 Å². The standard InChI is InChI=1S/C8H11NOS/c1-2-7(9)6-3-4-11-8(6)5-10/h2-4,7,10H,1,5,9H2/t7-/m0/s1. The van der Waals surface area contributed by atoms with Gasteiger partial charge in [-0.25, -0.2) is 0 Å². The second-order valence-corrected chi connectivity index (χ2v) is 3.22. The van der Waals surface area contributed by atoms with Crippen molar-refractivity contribution in [1.82, 2.24) is 0 Å². The highest BCUT2D eigenvalue weighted by Crippen LogP contribution is 2.22. The van der Waals surface area contributed by atoms with Crippen LogP contribution in [0.25, 0.3) is 0 Å². The monoisotopic (exact) mass is 169 g/mol. The molecule has 2 nitrogen and oxygen atoms in total. The van der Waals surface area contributed by atoms with Crippen LogP contribution in [-0.4, -0.2) is 5.11 Å². The molecule has 3 N–H and O–H groups in total. The van der Waals surface area contributed by atoms with Gasteiger partial charge in [-0.05, 0) is 17.0 Å². The third-order valence-corrected chi connectivity index (χ3v) is 2.46. The summed E-state index contributed by atoms with van der Waals surface area (Å²) in [5.41, 5.74) is 6.67. The largest absolute Gasteiger partial charge is 0.391 e. The number of hydrogen-bond acceptors (Lipinski definition) is 3. The molecule has 0 aliphatic heterocycles. The molecule has 0 aromatic carbocycles. The Hall–Kier alpha value is -0.640. The van der Waals surface area contributed by atoms with Gasteiger partial charge in [0, 0.05) is 10.9 Å². The van der Waals surface area contributed by atoms with Crippen molar-refractivity contribution in [3.63, 3.8) is 0 Å². The van der Waals surface area contributed by atoms with Gasteiger partial charge in [0.2, 0.25) is 0 Å². The smallest absolute Gasteiger partial charge is 0.0777 e. The molecule has 0 saturated heterocycles. The first-order valence-corrected chi connectivity index (χ1v) is 4.22. The Labute approximate surface area is 70.0 Å². The molecule has 0 radical (unpaired) electrons. The van der Waals surface area contributed by atoms with Crippen molar-refractivity contribution in [1.29, 1.82) is 0 Å². The van der Waals surface area contributed by atoms with Gasteiger partial charge >= 0.3 is 0 Å². The van der Waals surface area contributed by atoms with Crippen LogP contribution in [0.2, 0.25) is 0 Å². The summed E-state index contributed by atoms with van der Waals surface area (Å²) in [5, 5.41) is 10.8. The van der Waals surface area contributed by atoms with Crippen molar-refractivity contribution < 1.29 is 5.11 Å². The minimum atomic E-state index is -0.150. The van der Waals surface area contributed by atoms with E-state index in [1.165, 1.54) is 11.3 Å². The molecule has 0 aliphatic carbocycles. The predicted molar refractivity (Wildman–Crippen MR) is 47.4 cm³/mol. The molecule has 0 fully saturated rings. The van der Waals surface area contributed by atoms with Crippen LogP contribution in [0.5, 0.6) is 0 Å². The SMILES string of the molecule is C=C[C@H](N)c1ccsc1CO. The van der Waals surface area contributed by atoms with Crippen LogP contribution in [0.3, 0.4) is 0 Å². The molecule has 0 spiro atoms. The van der Waals surface area contributed by atoms with Crippen molar-refractivity contribution in [2.75, 3.05) is 0 Å². The molecule has 0 aliphatic rings. The Morgan fingerprint density at radius 3 is 3.09 bits per heavy atom. The highest BCUT2D eigenvalue weighted by atomic mass is 32.1. The first-order valence-electron chi connectivity index (χ1n) is 3.35. The molecular formula is C8H11NOS. The fraction of sp³-hybridized carbons (Fsp3) is 0.250. The Morgan fingerprint density at radius 1 is 1.82 bits per heavy atom. The first-order chi connectivity index (χ1) is 5.29. The van der Waals surface area contributed by atoms with Crippen molar-refractivity contribution in [3.8, 4) is 0 Å². The van der Waals surface area contributed by atoms with E-state index >= 15 is 0 Å². The van der Waals surface area contributed by atoms with Gasteiger partial charge in [0.1, 0.15) is 0 Å². The molecule has 1 aromatic rings. The average Bonchev–Trinajstić information content (AvgIpc) is 2.50. The zero-order valence-electron chi connectivity index (χ0n) is 6.16. The minimum absolute atomic E-state index is 0.0640. The summed E-state index contributed by atoms with van der Waals surface area (Å²) in [7, 11) is 0. The van der Waals surface area contributed by atoms with Crippen LogP contribution in [-0.2, 0) is 6.61 Å². The Balaban J connectivity index is 2.91. The molecule has 3 heteroatoms. The molecule has 11 heavy (non-hydrogen) atoms. The molecule has 1 aromatic heterocycles. The van der Waals surface area contributed by atoms with Crippen LogP contribution in [0.15, 0.2) is 24.1 Å². The molecule has 1 heterocycles. The van der Waals surface area contributed by atoms with Crippen molar-refractivity contribution in [2.24, 2.45) is 5.73 Å². The van der Waals surface area contributed by atoms with Crippen LogP contribution >= 0.6 is 11.3 Å². The second-order valence-electron chi connectivity index (χ2n) is 2.22. The third-order valence-electron chi connectivity index (χ3n) is 1.54. The van der Waals surface area contributed by atoms with E-state index in [0.717, 1.165) is 10.4 Å². The first kappa shape index (κ1) is 8.46. The maximum absolute atomic E-state index is 8.87. The lowest BCUT2D eigenvalue weighted by atomic mass is 10.1. The van der Waals surface area contributed by atoms with E-state index in [4.69, 9.17) is 10.8 Å². The van der Waals surface area contributed by atoms with Gasteiger partial charge in [-0.2, -0.15) is 0 Å². The summed E-state index contributed by atoms with van der Waals surface area (Å²) in [5.74, 6) is 0. The number of hydrogen-bond donors (Lipinski definition) is 2. The molecule has 1 rings (SSSR count). The highest BCUT2D eigenvalue weighted by Gasteiger charge is 2.07. The summed E-state index contributed by atoms with van der Waals surface area (Å²) in [4.78, 5) is 0.928. The van der Waals surface area contributed by atoms with Gasteiger partial charge < -0.3 is 10.8 Å². The van der Waals surface area contributed by atoms with Crippen molar-refractivity contribution in [2.45, 2.75) is 12.6 Å². The maximum atomic E-state index is 8.87. The summed E-state index contributed by atoms with van der Waals surface area (Å²) in [6.45, 7) is 3.65. The van der Waals surface area contributed by atoms with Gasteiger partial charge in [-0.1, -0.05) is 6.08 Å². The normalized spacial score (nSPS) is 12.9. The highest BCUT2D eigenvalue weighted by molar-refractivity contribution is 7.10. The number of thiophene rings is 1. The quantitative estimate of drug-likeness (QED) is 0.672. The molecule has 0 saturated carbocycles. The third kappa shape index (κ3) is 1.68. The van der Waals surface area contributed by atoms with Gasteiger partial charge in [-0.3, -0.25) is 0 Å². The zero-order chi connectivity index (χ0) is 8.27. The predicted octanol–water partition coefficient (Wildman–Crippen LogP) is 1.43. The molecule has 0 amide bonds. The van der Waals surface area contributed by atoms with Crippen LogP contribution in [0.4, 0.5) is 0 Å². The number of rotatable bonds is 3. The van der Waals surface area contributed by atoms with E-state index in [2.05, 4.69) is 6.58 Å². The maximum Gasteiger partial charge on any atom is 0.0777 e. The van der Waals surface area contributed by atoms with E-state index in [0.29, 0.717) is 0 Å². The molecule has 0 unspecified atom stereocenters.